The Hall–Kier alpha value is -3.15. The zero-order chi connectivity index (χ0) is 21.3. The van der Waals surface area contributed by atoms with Crippen molar-refractivity contribution in [3.05, 3.63) is 59.7 Å². The van der Waals surface area contributed by atoms with Crippen LogP contribution in [-0.4, -0.2) is 33.4 Å². The molecule has 0 saturated carbocycles. The zero-order valence-corrected chi connectivity index (χ0v) is 16.8. The first-order chi connectivity index (χ1) is 13.9. The van der Waals surface area contributed by atoms with E-state index in [0.717, 1.165) is 12.8 Å². The molecule has 2 rings (SSSR count). The molecule has 2 aromatic carbocycles. The number of carbonyl (C=O) groups excluding carboxylic acids is 2. The molecule has 0 heterocycles. The molecule has 7 nitrogen and oxygen atoms in total. The van der Waals surface area contributed by atoms with Crippen LogP contribution >= 0.6 is 0 Å². The van der Waals surface area contributed by atoms with Crippen molar-refractivity contribution < 1.29 is 22.7 Å². The molecule has 29 heavy (non-hydrogen) atoms. The van der Waals surface area contributed by atoms with Gasteiger partial charge in [0.25, 0.3) is 5.91 Å². The van der Waals surface area contributed by atoms with Gasteiger partial charge in [0.2, 0.25) is 10.0 Å². The van der Waals surface area contributed by atoms with Crippen LogP contribution in [0.15, 0.2) is 53.4 Å². The Morgan fingerprint density at radius 2 is 1.83 bits per heavy atom. The van der Waals surface area contributed by atoms with Gasteiger partial charge in [-0.15, -0.1) is 6.42 Å². The van der Waals surface area contributed by atoms with Crippen LogP contribution in [0.5, 0.6) is 0 Å². The van der Waals surface area contributed by atoms with E-state index in [2.05, 4.69) is 16.0 Å². The van der Waals surface area contributed by atoms with E-state index in [4.69, 9.17) is 11.2 Å². The number of rotatable bonds is 9. The van der Waals surface area contributed by atoms with Gasteiger partial charge < -0.3 is 10.1 Å². The second-order valence-electron chi connectivity index (χ2n) is 6.08. The number of ether oxygens (including phenoxy) is 1. The van der Waals surface area contributed by atoms with Gasteiger partial charge in [0.05, 0.1) is 23.6 Å². The third kappa shape index (κ3) is 6.45. The van der Waals surface area contributed by atoms with Gasteiger partial charge in [-0.3, -0.25) is 4.79 Å². The summed E-state index contributed by atoms with van der Waals surface area (Å²) < 4.78 is 31.6. The molecule has 152 valence electrons. The fourth-order valence-corrected chi connectivity index (χ4v) is 3.29. The van der Waals surface area contributed by atoms with Gasteiger partial charge >= 0.3 is 5.97 Å². The number of hydrogen-bond acceptors (Lipinski definition) is 5. The third-order valence-corrected chi connectivity index (χ3v) is 5.28. The maximum Gasteiger partial charge on any atom is 0.338 e. The van der Waals surface area contributed by atoms with E-state index >= 15 is 0 Å². The van der Waals surface area contributed by atoms with Crippen LogP contribution < -0.4 is 10.0 Å². The first kappa shape index (κ1) is 22.1. The van der Waals surface area contributed by atoms with Gasteiger partial charge in [0, 0.05) is 11.3 Å². The minimum absolute atomic E-state index is 0.0643. The molecular weight excluding hydrogens is 392 g/mol. The number of nitrogens with one attached hydrogen (secondary N) is 2. The first-order valence-electron chi connectivity index (χ1n) is 8.99. The Kier molecular flexibility index (Phi) is 7.95. The normalized spacial score (nSPS) is 10.8. The number of esters is 1. The summed E-state index contributed by atoms with van der Waals surface area (Å²) in [6, 6.07) is 11.8. The second kappa shape index (κ2) is 10.4. The molecule has 0 radical (unpaired) electrons. The smallest absolute Gasteiger partial charge is 0.338 e. The van der Waals surface area contributed by atoms with Crippen molar-refractivity contribution in [1.29, 1.82) is 0 Å². The number of hydrogen-bond donors (Lipinski definition) is 2. The van der Waals surface area contributed by atoms with Crippen LogP contribution in [-0.2, 0) is 14.8 Å². The summed E-state index contributed by atoms with van der Waals surface area (Å²) in [4.78, 5) is 24.3. The maximum absolute atomic E-state index is 12.5. The predicted octanol–water partition coefficient (Wildman–Crippen LogP) is 2.81. The monoisotopic (exact) mass is 414 g/mol. The van der Waals surface area contributed by atoms with Gasteiger partial charge in [-0.1, -0.05) is 25.3 Å². The molecule has 0 saturated heterocycles. The van der Waals surface area contributed by atoms with Crippen LogP contribution in [0.4, 0.5) is 5.69 Å². The van der Waals surface area contributed by atoms with Gasteiger partial charge in [-0.05, 0) is 48.9 Å². The standard InChI is InChI=1S/C21H22N2O5S/c1-3-5-14-28-21(25)16-9-11-18(12-10-16)23-20(24)17-7-6-8-19(15-17)29(26,27)22-13-4-2/h2,6-12,15,22H,3,5,13-14H2,1H3,(H,23,24). The highest BCUT2D eigenvalue weighted by atomic mass is 32.2. The Balaban J connectivity index is 2.06. The van der Waals surface area contributed by atoms with Gasteiger partial charge in [-0.25, -0.2) is 13.2 Å². The lowest BCUT2D eigenvalue weighted by Crippen LogP contribution is -2.24. The minimum atomic E-state index is -3.80. The molecule has 0 aromatic heterocycles. The van der Waals surface area contributed by atoms with E-state index in [-0.39, 0.29) is 17.0 Å². The lowest BCUT2D eigenvalue weighted by atomic mass is 10.2. The highest BCUT2D eigenvalue weighted by molar-refractivity contribution is 7.89. The molecule has 0 bridgehead atoms. The molecule has 2 aromatic rings. The van der Waals surface area contributed by atoms with Gasteiger partial charge in [-0.2, -0.15) is 4.72 Å². The van der Waals surface area contributed by atoms with Crippen molar-refractivity contribution in [2.24, 2.45) is 0 Å². The molecular formula is C21H22N2O5S. The largest absolute Gasteiger partial charge is 0.462 e. The summed E-state index contributed by atoms with van der Waals surface area (Å²) in [5.74, 6) is 1.28. The van der Waals surface area contributed by atoms with Crippen LogP contribution in [0.1, 0.15) is 40.5 Å². The van der Waals surface area contributed by atoms with E-state index in [1.165, 1.54) is 24.3 Å². The van der Waals surface area contributed by atoms with Crippen molar-refractivity contribution >= 4 is 27.6 Å². The van der Waals surface area contributed by atoms with Crippen LogP contribution in [0.25, 0.3) is 0 Å². The van der Waals surface area contributed by atoms with E-state index < -0.39 is 21.9 Å². The van der Waals surface area contributed by atoms with Gasteiger partial charge in [0.1, 0.15) is 0 Å². The fourth-order valence-electron chi connectivity index (χ4n) is 2.31. The fraction of sp³-hybridized carbons (Fsp3) is 0.238. The molecule has 0 aliphatic heterocycles. The number of carbonyl (C=O) groups is 2. The van der Waals surface area contributed by atoms with Crippen LogP contribution in [0.3, 0.4) is 0 Å². The maximum atomic E-state index is 12.5. The molecule has 1 amide bonds. The van der Waals surface area contributed by atoms with Crippen molar-refractivity contribution in [2.45, 2.75) is 24.7 Å². The van der Waals surface area contributed by atoms with Crippen LogP contribution in [0.2, 0.25) is 0 Å². The first-order valence-corrected chi connectivity index (χ1v) is 10.5. The average Bonchev–Trinajstić information content (AvgIpc) is 2.73. The Morgan fingerprint density at radius 1 is 1.10 bits per heavy atom. The van der Waals surface area contributed by atoms with Crippen molar-refractivity contribution in [3.63, 3.8) is 0 Å². The lowest BCUT2D eigenvalue weighted by molar-refractivity contribution is 0.0499. The molecule has 0 fully saturated rings. The van der Waals surface area contributed by atoms with Crippen LogP contribution in [0, 0.1) is 12.3 Å². The molecule has 2 N–H and O–H groups in total. The summed E-state index contributed by atoms with van der Waals surface area (Å²) in [7, 11) is -3.80. The number of unbranched alkanes of at least 4 members (excludes halogenated alkanes) is 1. The molecule has 0 aliphatic rings. The van der Waals surface area contributed by atoms with E-state index in [1.54, 1.807) is 24.3 Å². The summed E-state index contributed by atoms with van der Waals surface area (Å²) in [5, 5.41) is 2.66. The van der Waals surface area contributed by atoms with E-state index in [9.17, 15) is 18.0 Å². The molecule has 0 unspecified atom stereocenters. The van der Waals surface area contributed by atoms with Crippen molar-refractivity contribution in [2.75, 3.05) is 18.5 Å². The summed E-state index contributed by atoms with van der Waals surface area (Å²) >= 11 is 0. The number of terminal acetylenes is 1. The average molecular weight is 414 g/mol. The molecule has 0 spiro atoms. The molecule has 8 heteroatoms. The number of benzene rings is 2. The van der Waals surface area contributed by atoms with Crippen molar-refractivity contribution in [1.82, 2.24) is 4.72 Å². The van der Waals surface area contributed by atoms with E-state index in [1.807, 2.05) is 6.92 Å². The summed E-state index contributed by atoms with van der Waals surface area (Å²) in [5.41, 5.74) is 1.00. The third-order valence-electron chi connectivity index (χ3n) is 3.88. The Morgan fingerprint density at radius 3 is 2.48 bits per heavy atom. The number of sulfonamides is 1. The summed E-state index contributed by atoms with van der Waals surface area (Å²) in [6.45, 7) is 2.22. The quantitative estimate of drug-likeness (QED) is 0.373. The Labute approximate surface area is 170 Å². The van der Waals surface area contributed by atoms with Gasteiger partial charge in [0.15, 0.2) is 0 Å². The highest BCUT2D eigenvalue weighted by Crippen LogP contribution is 2.15. The Bertz CT molecular complexity index is 1010. The number of amides is 1. The molecule has 0 atom stereocenters. The SMILES string of the molecule is C#CCNS(=O)(=O)c1cccc(C(=O)Nc2ccc(C(=O)OCCCC)cc2)c1. The highest BCUT2D eigenvalue weighted by Gasteiger charge is 2.16. The minimum Gasteiger partial charge on any atom is -0.462 e. The zero-order valence-electron chi connectivity index (χ0n) is 16.0. The molecule has 0 aliphatic carbocycles. The van der Waals surface area contributed by atoms with Crippen molar-refractivity contribution in [3.8, 4) is 12.3 Å². The predicted molar refractivity (Wildman–Crippen MR) is 110 cm³/mol. The lowest BCUT2D eigenvalue weighted by Gasteiger charge is -2.09. The summed E-state index contributed by atoms with van der Waals surface area (Å²) in [6.07, 6.45) is 6.80. The topological polar surface area (TPSA) is 102 Å². The second-order valence-corrected chi connectivity index (χ2v) is 7.84. The van der Waals surface area contributed by atoms with E-state index in [0.29, 0.717) is 17.9 Å². The number of anilines is 1.